The smallest absolute Gasteiger partial charge is 0.141 e. The molecule has 0 aliphatic heterocycles. The van der Waals surface area contributed by atoms with Crippen LogP contribution in [0, 0.1) is 0 Å². The fourth-order valence-electron chi connectivity index (χ4n) is 1.30. The molecule has 0 unspecified atom stereocenters. The lowest BCUT2D eigenvalue weighted by atomic mass is 10.3. The van der Waals surface area contributed by atoms with Crippen LogP contribution in [0.3, 0.4) is 0 Å². The Kier molecular flexibility index (Phi) is 5.25. The minimum absolute atomic E-state index is 0. The zero-order chi connectivity index (χ0) is 13.4. The highest BCUT2D eigenvalue weighted by molar-refractivity contribution is 5.64. The van der Waals surface area contributed by atoms with Crippen molar-refractivity contribution in [3.05, 3.63) is 48.5 Å². The Morgan fingerprint density at radius 3 is 1.94 bits per heavy atom. The highest BCUT2D eigenvalue weighted by Crippen LogP contribution is 2.19. The molecule has 0 bridgehead atoms. The Hall–Kier alpha value is -2.49. The Morgan fingerprint density at radius 1 is 1.00 bits per heavy atom. The third-order valence-electron chi connectivity index (χ3n) is 2.25. The topological polar surface area (TPSA) is 73.6 Å². The van der Waals surface area contributed by atoms with Gasteiger partial charge in [0, 0.05) is 1.43 Å². The van der Waals surface area contributed by atoms with Crippen LogP contribution in [0.1, 0.15) is 1.43 Å². The van der Waals surface area contributed by atoms with Gasteiger partial charge in [-0.15, -0.1) is 0 Å². The number of ether oxygens (including phenoxy) is 1. The van der Waals surface area contributed by atoms with Gasteiger partial charge in [-0.05, 0) is 31.0 Å². The number of para-hydroxylation sites is 4. The van der Waals surface area contributed by atoms with E-state index in [4.69, 9.17) is 16.2 Å². The van der Waals surface area contributed by atoms with E-state index in [0.717, 1.165) is 11.4 Å². The number of hydrogen-bond acceptors (Lipinski definition) is 4. The van der Waals surface area contributed by atoms with Gasteiger partial charge in [0.15, 0.2) is 0 Å². The van der Waals surface area contributed by atoms with Crippen LogP contribution in [0.5, 0.6) is 5.75 Å². The molecule has 2 aromatic carbocycles. The maximum Gasteiger partial charge on any atom is 0.141 e. The Balaban J connectivity index is 0.000000324. The van der Waals surface area contributed by atoms with Crippen molar-refractivity contribution in [3.63, 3.8) is 0 Å². The first-order valence-electron chi connectivity index (χ1n) is 5.38. The molecule has 0 heterocycles. The molecule has 18 heavy (non-hydrogen) atoms. The summed E-state index contributed by atoms with van der Waals surface area (Å²) < 4.78 is 4.92. The monoisotopic (exact) mass is 245 g/mol. The largest absolute Gasteiger partial charge is 0.495 e. The maximum atomic E-state index is 5.51. The summed E-state index contributed by atoms with van der Waals surface area (Å²) in [5.74, 6) is 0.734. The van der Waals surface area contributed by atoms with E-state index in [9.17, 15) is 0 Å². The Labute approximate surface area is 108 Å². The maximum absolute atomic E-state index is 5.51. The molecule has 0 fully saturated rings. The standard InChI is InChI=1S/C7H8N2.C7H9NO.H2/c2*1-9-7-5-3-2-4-6(7)8;/h2-5H,1,8H2;2-5H,8H2,1H3;1H. The van der Waals surface area contributed by atoms with E-state index in [1.54, 1.807) is 19.2 Å². The molecule has 96 valence electrons. The van der Waals surface area contributed by atoms with E-state index in [1.807, 2.05) is 36.4 Å². The number of aliphatic imine (C=N–C) groups is 1. The molecule has 0 saturated heterocycles. The van der Waals surface area contributed by atoms with Gasteiger partial charge in [0.2, 0.25) is 0 Å². The number of nitrogens with two attached hydrogens (primary N) is 2. The highest BCUT2D eigenvalue weighted by atomic mass is 16.5. The van der Waals surface area contributed by atoms with Gasteiger partial charge in [-0.25, -0.2) is 0 Å². The van der Waals surface area contributed by atoms with E-state index < -0.39 is 0 Å². The summed E-state index contributed by atoms with van der Waals surface area (Å²) in [6.45, 7) is 3.36. The van der Waals surface area contributed by atoms with Crippen molar-refractivity contribution in [2.24, 2.45) is 4.99 Å². The number of nitrogens with zero attached hydrogens (tertiary/aromatic N) is 1. The number of anilines is 2. The lowest BCUT2D eigenvalue weighted by Gasteiger charge is -2.00. The van der Waals surface area contributed by atoms with E-state index in [-0.39, 0.29) is 1.43 Å². The minimum atomic E-state index is 0. The highest BCUT2D eigenvalue weighted by Gasteiger charge is 1.91. The average Bonchev–Trinajstić information content (AvgIpc) is 2.41. The summed E-state index contributed by atoms with van der Waals surface area (Å²) in [6.07, 6.45) is 0. The quantitative estimate of drug-likeness (QED) is 0.630. The van der Waals surface area contributed by atoms with Crippen molar-refractivity contribution < 1.29 is 6.16 Å². The van der Waals surface area contributed by atoms with Crippen molar-refractivity contribution >= 4 is 23.8 Å². The summed E-state index contributed by atoms with van der Waals surface area (Å²) in [4.78, 5) is 3.70. The number of methoxy groups -OCH3 is 1. The van der Waals surface area contributed by atoms with Crippen LogP contribution < -0.4 is 16.2 Å². The zero-order valence-electron chi connectivity index (χ0n) is 10.3. The van der Waals surface area contributed by atoms with Gasteiger partial charge in [0.05, 0.1) is 24.2 Å². The molecule has 0 aliphatic carbocycles. The van der Waals surface area contributed by atoms with Crippen LogP contribution in [0.15, 0.2) is 53.5 Å². The molecule has 4 nitrogen and oxygen atoms in total. The van der Waals surface area contributed by atoms with Crippen molar-refractivity contribution in [2.75, 3.05) is 18.6 Å². The fraction of sp³-hybridized carbons (Fsp3) is 0.0714. The van der Waals surface area contributed by atoms with Gasteiger partial charge in [0.25, 0.3) is 0 Å². The van der Waals surface area contributed by atoms with Gasteiger partial charge in [0.1, 0.15) is 5.75 Å². The van der Waals surface area contributed by atoms with Gasteiger partial charge >= 0.3 is 0 Å². The molecule has 0 spiro atoms. The van der Waals surface area contributed by atoms with Crippen molar-refractivity contribution in [2.45, 2.75) is 0 Å². The number of rotatable bonds is 2. The van der Waals surface area contributed by atoms with Crippen molar-refractivity contribution in [3.8, 4) is 5.75 Å². The summed E-state index contributed by atoms with van der Waals surface area (Å²) in [5.41, 5.74) is 13.1. The Morgan fingerprint density at radius 2 is 1.56 bits per heavy atom. The molecule has 0 aromatic heterocycles. The van der Waals surface area contributed by atoms with Crippen LogP contribution in [0.4, 0.5) is 17.1 Å². The summed E-state index contributed by atoms with van der Waals surface area (Å²) in [6, 6.07) is 14.7. The van der Waals surface area contributed by atoms with Gasteiger partial charge in [-0.3, -0.25) is 4.99 Å². The molecular weight excluding hydrogens is 226 g/mol. The van der Waals surface area contributed by atoms with E-state index in [0.29, 0.717) is 11.4 Å². The molecule has 0 aliphatic rings. The molecule has 0 atom stereocenters. The number of benzene rings is 2. The van der Waals surface area contributed by atoms with E-state index in [1.165, 1.54) is 0 Å². The summed E-state index contributed by atoms with van der Waals surface area (Å²) in [7, 11) is 1.60. The Bertz CT molecular complexity index is 518. The normalized spacial score (nSPS) is 8.94. The predicted octanol–water partition coefficient (Wildman–Crippen LogP) is 3.12. The van der Waals surface area contributed by atoms with E-state index >= 15 is 0 Å². The first-order chi connectivity index (χ1) is 8.69. The van der Waals surface area contributed by atoms with Crippen LogP contribution in [0.25, 0.3) is 0 Å². The third-order valence-corrected chi connectivity index (χ3v) is 2.25. The van der Waals surface area contributed by atoms with E-state index in [2.05, 4.69) is 11.7 Å². The molecule has 2 aromatic rings. The molecule has 0 saturated carbocycles. The van der Waals surface area contributed by atoms with Crippen LogP contribution in [-0.2, 0) is 0 Å². The molecule has 0 amide bonds. The number of hydrogen-bond donors (Lipinski definition) is 2. The van der Waals surface area contributed by atoms with Gasteiger partial charge < -0.3 is 16.2 Å². The van der Waals surface area contributed by atoms with Crippen LogP contribution >= 0.6 is 0 Å². The number of nitrogen functional groups attached to an aromatic ring is 2. The van der Waals surface area contributed by atoms with Gasteiger partial charge in [-0.2, -0.15) is 0 Å². The lowest BCUT2D eigenvalue weighted by molar-refractivity contribution is 0.417. The third kappa shape index (κ3) is 3.83. The van der Waals surface area contributed by atoms with Crippen LogP contribution in [0.2, 0.25) is 0 Å². The summed E-state index contributed by atoms with van der Waals surface area (Å²) >= 11 is 0. The summed E-state index contributed by atoms with van der Waals surface area (Å²) in [5, 5.41) is 0. The minimum Gasteiger partial charge on any atom is -0.495 e. The second-order valence-electron chi connectivity index (χ2n) is 3.46. The molecule has 4 N–H and O–H groups in total. The SMILES string of the molecule is C=Nc1ccccc1N.COc1ccccc1N.[HH]. The second kappa shape index (κ2) is 6.96. The zero-order valence-corrected chi connectivity index (χ0v) is 10.3. The molecular formula is C14H19N3O. The molecule has 2 rings (SSSR count). The first kappa shape index (κ1) is 13.6. The second-order valence-corrected chi connectivity index (χ2v) is 3.46. The first-order valence-corrected chi connectivity index (χ1v) is 5.38. The van der Waals surface area contributed by atoms with Crippen molar-refractivity contribution in [1.29, 1.82) is 0 Å². The average molecular weight is 245 g/mol. The predicted molar refractivity (Wildman–Crippen MR) is 79.6 cm³/mol. The van der Waals surface area contributed by atoms with Crippen molar-refractivity contribution in [1.82, 2.24) is 0 Å². The lowest BCUT2D eigenvalue weighted by Crippen LogP contribution is -1.89. The molecule has 0 radical (unpaired) electrons. The van der Waals surface area contributed by atoms with Crippen LogP contribution in [-0.4, -0.2) is 13.8 Å². The molecule has 4 heteroatoms. The fourth-order valence-corrected chi connectivity index (χ4v) is 1.30. The van der Waals surface area contributed by atoms with Gasteiger partial charge in [-0.1, -0.05) is 24.3 Å².